The molecule has 1 amide bonds. The SMILES string of the molecule is COc1cccc(O)c1NC(=O)COc1cccc(C2(C)CCSC(N)=N2)c1. The minimum atomic E-state index is -0.409. The molecule has 8 heteroatoms. The number of rotatable bonds is 6. The Hall–Kier alpha value is -2.87. The smallest absolute Gasteiger partial charge is 0.262 e. The summed E-state index contributed by atoms with van der Waals surface area (Å²) in [5.41, 5.74) is 6.68. The van der Waals surface area contributed by atoms with Gasteiger partial charge in [0.1, 0.15) is 22.9 Å². The molecule has 4 N–H and O–H groups in total. The number of hydrogen-bond acceptors (Lipinski definition) is 7. The Balaban J connectivity index is 1.67. The lowest BCUT2D eigenvalue weighted by atomic mass is 9.90. The lowest BCUT2D eigenvalue weighted by molar-refractivity contribution is -0.118. The molecule has 0 aliphatic carbocycles. The normalized spacial score (nSPS) is 18.9. The number of amides is 1. The number of ether oxygens (including phenoxy) is 2. The summed E-state index contributed by atoms with van der Waals surface area (Å²) in [7, 11) is 1.46. The van der Waals surface area contributed by atoms with Gasteiger partial charge in [-0.1, -0.05) is 30.0 Å². The number of thioether (sulfide) groups is 1. The van der Waals surface area contributed by atoms with Gasteiger partial charge in [-0.05, 0) is 43.2 Å². The molecule has 28 heavy (non-hydrogen) atoms. The van der Waals surface area contributed by atoms with Crippen molar-refractivity contribution in [2.45, 2.75) is 18.9 Å². The first-order valence-corrected chi connectivity index (χ1v) is 9.77. The van der Waals surface area contributed by atoms with Crippen LogP contribution in [0.15, 0.2) is 47.5 Å². The van der Waals surface area contributed by atoms with Crippen molar-refractivity contribution in [2.24, 2.45) is 10.7 Å². The van der Waals surface area contributed by atoms with Gasteiger partial charge >= 0.3 is 0 Å². The van der Waals surface area contributed by atoms with Crippen LogP contribution in [0, 0.1) is 0 Å². The Bertz CT molecular complexity index is 903. The lowest BCUT2D eigenvalue weighted by Crippen LogP contribution is -2.28. The second-order valence-electron chi connectivity index (χ2n) is 6.54. The van der Waals surface area contributed by atoms with Crippen LogP contribution in [0.3, 0.4) is 0 Å². The zero-order valence-electron chi connectivity index (χ0n) is 15.8. The third kappa shape index (κ3) is 4.51. The van der Waals surface area contributed by atoms with Crippen LogP contribution in [0.1, 0.15) is 18.9 Å². The highest BCUT2D eigenvalue weighted by molar-refractivity contribution is 8.13. The van der Waals surface area contributed by atoms with E-state index in [0.29, 0.717) is 16.7 Å². The number of para-hydroxylation sites is 1. The third-order valence-corrected chi connectivity index (χ3v) is 5.31. The van der Waals surface area contributed by atoms with E-state index in [1.165, 1.54) is 13.2 Å². The van der Waals surface area contributed by atoms with Gasteiger partial charge in [-0.2, -0.15) is 0 Å². The van der Waals surface area contributed by atoms with E-state index in [-0.39, 0.29) is 18.0 Å². The Labute approximate surface area is 167 Å². The molecule has 0 radical (unpaired) electrons. The number of benzene rings is 2. The number of amidine groups is 1. The summed E-state index contributed by atoms with van der Waals surface area (Å²) in [5.74, 6) is 1.35. The van der Waals surface area contributed by atoms with E-state index in [1.54, 1.807) is 30.0 Å². The molecule has 0 fully saturated rings. The molecule has 1 aliphatic rings. The topological polar surface area (TPSA) is 106 Å². The molecule has 7 nitrogen and oxygen atoms in total. The monoisotopic (exact) mass is 401 g/mol. The van der Waals surface area contributed by atoms with Crippen LogP contribution in [0.25, 0.3) is 0 Å². The molecule has 148 valence electrons. The molecular formula is C20H23N3O4S. The van der Waals surface area contributed by atoms with Crippen molar-refractivity contribution in [3.8, 4) is 17.2 Å². The van der Waals surface area contributed by atoms with Crippen LogP contribution >= 0.6 is 11.8 Å². The quantitative estimate of drug-likeness (QED) is 0.642. The predicted molar refractivity (Wildman–Crippen MR) is 111 cm³/mol. The molecule has 0 bridgehead atoms. The maximum atomic E-state index is 12.3. The minimum Gasteiger partial charge on any atom is -0.506 e. The second-order valence-corrected chi connectivity index (χ2v) is 7.66. The fourth-order valence-corrected chi connectivity index (χ4v) is 3.93. The van der Waals surface area contributed by atoms with Crippen molar-refractivity contribution in [1.29, 1.82) is 0 Å². The summed E-state index contributed by atoms with van der Waals surface area (Å²) < 4.78 is 10.8. The maximum Gasteiger partial charge on any atom is 0.262 e. The number of nitrogens with one attached hydrogen (secondary N) is 1. The van der Waals surface area contributed by atoms with Crippen LogP contribution in [0.5, 0.6) is 17.2 Å². The molecule has 0 saturated heterocycles. The summed E-state index contributed by atoms with van der Waals surface area (Å²) >= 11 is 1.55. The highest BCUT2D eigenvalue weighted by Gasteiger charge is 2.29. The Kier molecular flexibility index (Phi) is 5.99. The maximum absolute atomic E-state index is 12.3. The van der Waals surface area contributed by atoms with Crippen molar-refractivity contribution in [1.82, 2.24) is 0 Å². The number of aliphatic imine (C=N–C) groups is 1. The number of aromatic hydroxyl groups is 1. The molecule has 0 spiro atoms. The van der Waals surface area contributed by atoms with Crippen molar-refractivity contribution < 1.29 is 19.4 Å². The van der Waals surface area contributed by atoms with Crippen molar-refractivity contribution >= 4 is 28.5 Å². The van der Waals surface area contributed by atoms with Gasteiger partial charge in [0.15, 0.2) is 11.8 Å². The third-order valence-electron chi connectivity index (χ3n) is 4.51. The Morgan fingerprint density at radius 1 is 1.36 bits per heavy atom. The zero-order valence-corrected chi connectivity index (χ0v) is 16.6. The highest BCUT2D eigenvalue weighted by atomic mass is 32.2. The largest absolute Gasteiger partial charge is 0.506 e. The molecule has 1 aliphatic heterocycles. The number of carbonyl (C=O) groups is 1. The van der Waals surface area contributed by atoms with E-state index in [0.717, 1.165) is 17.7 Å². The molecule has 0 aromatic heterocycles. The average molecular weight is 401 g/mol. The summed E-state index contributed by atoms with van der Waals surface area (Å²) in [4.78, 5) is 16.8. The van der Waals surface area contributed by atoms with Gasteiger partial charge in [0.2, 0.25) is 0 Å². The molecule has 1 atom stereocenters. The molecule has 2 aromatic carbocycles. The second kappa shape index (κ2) is 8.43. The van der Waals surface area contributed by atoms with Crippen molar-refractivity contribution in [3.63, 3.8) is 0 Å². The summed E-state index contributed by atoms with van der Waals surface area (Å²) in [5, 5.41) is 13.1. The van der Waals surface area contributed by atoms with Gasteiger partial charge < -0.3 is 25.6 Å². The van der Waals surface area contributed by atoms with Crippen LogP contribution < -0.4 is 20.5 Å². The number of methoxy groups -OCH3 is 1. The number of nitrogens with two attached hydrogens (primary N) is 1. The van der Waals surface area contributed by atoms with E-state index < -0.39 is 11.4 Å². The molecule has 2 aromatic rings. The number of phenols is 1. The van der Waals surface area contributed by atoms with E-state index in [4.69, 9.17) is 15.2 Å². The van der Waals surface area contributed by atoms with E-state index >= 15 is 0 Å². The minimum absolute atomic E-state index is 0.0757. The molecule has 0 saturated carbocycles. The van der Waals surface area contributed by atoms with Crippen LogP contribution in [0.4, 0.5) is 5.69 Å². The highest BCUT2D eigenvalue weighted by Crippen LogP contribution is 2.36. The molecule has 3 rings (SSSR count). The standard InChI is InChI=1S/C20H23N3O4S/c1-20(9-10-28-19(21)23-20)13-5-3-6-14(11-13)27-12-17(25)22-18-15(24)7-4-8-16(18)26-2/h3-8,11,24H,9-10,12H2,1-2H3,(H2,21,23)(H,22,25). The summed E-state index contributed by atoms with van der Waals surface area (Å²) in [6, 6.07) is 12.3. The van der Waals surface area contributed by atoms with Crippen molar-refractivity contribution in [3.05, 3.63) is 48.0 Å². The van der Waals surface area contributed by atoms with Gasteiger partial charge in [0.25, 0.3) is 5.91 Å². The predicted octanol–water partition coefficient (Wildman–Crippen LogP) is 3.09. The van der Waals surface area contributed by atoms with E-state index in [1.807, 2.05) is 25.1 Å². The van der Waals surface area contributed by atoms with Crippen LogP contribution in [-0.2, 0) is 10.3 Å². The Morgan fingerprint density at radius 3 is 2.89 bits per heavy atom. The van der Waals surface area contributed by atoms with Crippen LogP contribution in [0.2, 0.25) is 0 Å². The first kappa shape index (κ1) is 19.9. The lowest BCUT2D eigenvalue weighted by Gasteiger charge is -2.30. The van der Waals surface area contributed by atoms with Crippen molar-refractivity contribution in [2.75, 3.05) is 24.8 Å². The van der Waals surface area contributed by atoms with Gasteiger partial charge in [-0.25, -0.2) is 0 Å². The van der Waals surface area contributed by atoms with Gasteiger partial charge in [0, 0.05) is 5.75 Å². The number of nitrogens with zero attached hydrogens (tertiary/aromatic N) is 1. The Morgan fingerprint density at radius 2 is 2.14 bits per heavy atom. The number of anilines is 1. The van der Waals surface area contributed by atoms with Gasteiger partial charge in [0.05, 0.1) is 12.6 Å². The number of hydrogen-bond donors (Lipinski definition) is 3. The average Bonchev–Trinajstić information content (AvgIpc) is 2.68. The number of phenolic OH excluding ortho intramolecular Hbond substituents is 1. The van der Waals surface area contributed by atoms with Gasteiger partial charge in [-0.15, -0.1) is 0 Å². The summed E-state index contributed by atoms with van der Waals surface area (Å²) in [6.45, 7) is 1.83. The molecule has 1 unspecified atom stereocenters. The zero-order chi connectivity index (χ0) is 20.1. The first-order chi connectivity index (χ1) is 13.4. The first-order valence-electron chi connectivity index (χ1n) is 8.78. The molecule has 1 heterocycles. The molecular weight excluding hydrogens is 378 g/mol. The van der Waals surface area contributed by atoms with Gasteiger partial charge in [-0.3, -0.25) is 9.79 Å². The van der Waals surface area contributed by atoms with E-state index in [2.05, 4.69) is 10.3 Å². The van der Waals surface area contributed by atoms with Crippen LogP contribution in [-0.4, -0.2) is 35.7 Å². The van der Waals surface area contributed by atoms with E-state index in [9.17, 15) is 9.90 Å². The number of carbonyl (C=O) groups excluding carboxylic acids is 1. The fourth-order valence-electron chi connectivity index (χ4n) is 2.96. The fraction of sp³-hybridized carbons (Fsp3) is 0.300. The summed E-state index contributed by atoms with van der Waals surface area (Å²) in [6.07, 6.45) is 0.870.